The molecule has 0 aliphatic carbocycles. The largest absolute Gasteiger partial charge is 0.357 e. The Hall–Kier alpha value is -2.25. The smallest absolute Gasteiger partial charge is 0.258 e. The Morgan fingerprint density at radius 3 is 2.65 bits per heavy atom. The third-order valence-electron chi connectivity index (χ3n) is 2.71. The Kier molecular flexibility index (Phi) is 4.80. The summed E-state index contributed by atoms with van der Waals surface area (Å²) in [6.45, 7) is 5.26. The highest BCUT2D eigenvalue weighted by atomic mass is 15.4. The molecule has 0 spiro atoms. The summed E-state index contributed by atoms with van der Waals surface area (Å²) >= 11 is 0. The molecule has 2 rings (SSSR count). The molecule has 2 aromatic rings. The third-order valence-corrected chi connectivity index (χ3v) is 2.71. The van der Waals surface area contributed by atoms with Crippen LogP contribution in [0.5, 0.6) is 0 Å². The van der Waals surface area contributed by atoms with Gasteiger partial charge in [0.15, 0.2) is 0 Å². The number of anilines is 2. The number of hydrogen-bond donors (Lipinski definition) is 2. The second-order valence-corrected chi connectivity index (χ2v) is 4.84. The Balaban J connectivity index is 2.06. The van der Waals surface area contributed by atoms with E-state index in [0.29, 0.717) is 23.8 Å². The fourth-order valence-electron chi connectivity index (χ4n) is 1.68. The monoisotopic (exact) mass is 276 g/mol. The van der Waals surface area contributed by atoms with E-state index in [0.717, 1.165) is 13.0 Å². The standard InChI is InChI=1S/C12H20N8/c1-9(2)5-4-6-15-11-17-10(13-3)18-12(19-11)20-8-14-7-16-20/h7-9H,4-6H2,1-3H3,(H2,13,15,17,18,19). The first-order valence-corrected chi connectivity index (χ1v) is 6.71. The van der Waals surface area contributed by atoms with Gasteiger partial charge in [-0.3, -0.25) is 0 Å². The molecule has 8 nitrogen and oxygen atoms in total. The van der Waals surface area contributed by atoms with Crippen LogP contribution in [0.25, 0.3) is 5.95 Å². The average molecular weight is 276 g/mol. The number of hydrogen-bond acceptors (Lipinski definition) is 7. The maximum atomic E-state index is 4.33. The molecule has 0 amide bonds. The van der Waals surface area contributed by atoms with Crippen LogP contribution >= 0.6 is 0 Å². The summed E-state index contributed by atoms with van der Waals surface area (Å²) in [5.41, 5.74) is 0. The molecule has 2 aromatic heterocycles. The first-order chi connectivity index (χ1) is 9.69. The zero-order valence-corrected chi connectivity index (χ0v) is 12.0. The van der Waals surface area contributed by atoms with E-state index in [2.05, 4.69) is 49.5 Å². The SMILES string of the molecule is CNc1nc(NCCCC(C)C)nc(-n2cncn2)n1. The second-order valence-electron chi connectivity index (χ2n) is 4.84. The highest BCUT2D eigenvalue weighted by Crippen LogP contribution is 2.09. The van der Waals surface area contributed by atoms with Crippen LogP contribution in [0.1, 0.15) is 26.7 Å². The zero-order chi connectivity index (χ0) is 14.4. The molecule has 0 radical (unpaired) electrons. The summed E-state index contributed by atoms with van der Waals surface area (Å²) in [4.78, 5) is 16.7. The highest BCUT2D eigenvalue weighted by molar-refractivity contribution is 5.37. The molecule has 0 unspecified atom stereocenters. The second kappa shape index (κ2) is 6.78. The summed E-state index contributed by atoms with van der Waals surface area (Å²) in [6.07, 6.45) is 5.25. The summed E-state index contributed by atoms with van der Waals surface area (Å²) in [7, 11) is 1.77. The zero-order valence-electron chi connectivity index (χ0n) is 12.0. The number of nitrogens with zero attached hydrogens (tertiary/aromatic N) is 6. The van der Waals surface area contributed by atoms with Crippen LogP contribution in [0.15, 0.2) is 12.7 Å². The first-order valence-electron chi connectivity index (χ1n) is 6.71. The molecule has 0 bridgehead atoms. The van der Waals surface area contributed by atoms with Crippen LogP contribution in [0.3, 0.4) is 0 Å². The van der Waals surface area contributed by atoms with Crippen LogP contribution < -0.4 is 10.6 Å². The molecule has 0 aliphatic heterocycles. The van der Waals surface area contributed by atoms with Crippen LogP contribution in [0.2, 0.25) is 0 Å². The van der Waals surface area contributed by atoms with Gasteiger partial charge in [0.25, 0.3) is 5.95 Å². The topological polar surface area (TPSA) is 93.4 Å². The number of nitrogens with one attached hydrogen (secondary N) is 2. The van der Waals surface area contributed by atoms with Gasteiger partial charge in [-0.2, -0.15) is 24.7 Å². The molecule has 2 heterocycles. The third kappa shape index (κ3) is 3.87. The van der Waals surface area contributed by atoms with E-state index in [9.17, 15) is 0 Å². The minimum atomic E-state index is 0.438. The van der Waals surface area contributed by atoms with Crippen molar-refractivity contribution in [3.05, 3.63) is 12.7 Å². The van der Waals surface area contributed by atoms with Crippen molar-refractivity contribution in [2.75, 3.05) is 24.2 Å². The van der Waals surface area contributed by atoms with E-state index >= 15 is 0 Å². The molecule has 20 heavy (non-hydrogen) atoms. The minimum absolute atomic E-state index is 0.438. The molecule has 108 valence electrons. The molecule has 0 saturated carbocycles. The molecule has 0 aliphatic rings. The molecule has 0 fully saturated rings. The van der Waals surface area contributed by atoms with Gasteiger partial charge in [0, 0.05) is 13.6 Å². The average Bonchev–Trinajstić information content (AvgIpc) is 2.97. The van der Waals surface area contributed by atoms with Crippen LogP contribution in [-0.4, -0.2) is 43.3 Å². The fourth-order valence-corrected chi connectivity index (χ4v) is 1.68. The van der Waals surface area contributed by atoms with Gasteiger partial charge in [0.1, 0.15) is 12.7 Å². The van der Waals surface area contributed by atoms with Crippen molar-refractivity contribution >= 4 is 11.9 Å². The van der Waals surface area contributed by atoms with Gasteiger partial charge in [0.2, 0.25) is 11.9 Å². The lowest BCUT2D eigenvalue weighted by Gasteiger charge is -2.09. The van der Waals surface area contributed by atoms with Gasteiger partial charge in [-0.05, 0) is 18.8 Å². The summed E-state index contributed by atoms with van der Waals surface area (Å²) < 4.78 is 1.50. The van der Waals surface area contributed by atoms with Gasteiger partial charge < -0.3 is 10.6 Å². The summed E-state index contributed by atoms with van der Waals surface area (Å²) in [6, 6.07) is 0. The van der Waals surface area contributed by atoms with Crippen molar-refractivity contribution in [3.8, 4) is 5.95 Å². The van der Waals surface area contributed by atoms with Crippen molar-refractivity contribution in [2.24, 2.45) is 5.92 Å². The maximum Gasteiger partial charge on any atom is 0.258 e. The molecule has 0 aromatic carbocycles. The van der Waals surface area contributed by atoms with Crippen molar-refractivity contribution in [2.45, 2.75) is 26.7 Å². The molecule has 0 atom stereocenters. The lowest BCUT2D eigenvalue weighted by molar-refractivity contribution is 0.566. The van der Waals surface area contributed by atoms with Crippen molar-refractivity contribution in [1.29, 1.82) is 0 Å². The predicted octanol–water partition coefficient (Wildman–Crippen LogP) is 1.34. The highest BCUT2D eigenvalue weighted by Gasteiger charge is 2.07. The lowest BCUT2D eigenvalue weighted by atomic mass is 10.1. The maximum absolute atomic E-state index is 4.33. The van der Waals surface area contributed by atoms with E-state index in [4.69, 9.17) is 0 Å². The fraction of sp³-hybridized carbons (Fsp3) is 0.583. The minimum Gasteiger partial charge on any atom is -0.357 e. The van der Waals surface area contributed by atoms with E-state index in [1.807, 2.05) is 0 Å². The van der Waals surface area contributed by atoms with E-state index in [1.165, 1.54) is 17.4 Å². The molecular formula is C12H20N8. The Bertz CT molecular complexity index is 522. The van der Waals surface area contributed by atoms with Crippen molar-refractivity contribution < 1.29 is 0 Å². The van der Waals surface area contributed by atoms with Gasteiger partial charge in [-0.25, -0.2) is 4.98 Å². The molecule has 0 saturated heterocycles. The van der Waals surface area contributed by atoms with Crippen molar-refractivity contribution in [1.82, 2.24) is 29.7 Å². The predicted molar refractivity (Wildman–Crippen MR) is 76.9 cm³/mol. The first kappa shape index (κ1) is 14.2. The molecule has 2 N–H and O–H groups in total. The number of aromatic nitrogens is 6. The molecular weight excluding hydrogens is 256 g/mol. The van der Waals surface area contributed by atoms with Crippen molar-refractivity contribution in [3.63, 3.8) is 0 Å². The quantitative estimate of drug-likeness (QED) is 0.737. The van der Waals surface area contributed by atoms with E-state index in [-0.39, 0.29) is 0 Å². The Morgan fingerprint density at radius 2 is 2.00 bits per heavy atom. The number of rotatable bonds is 7. The van der Waals surface area contributed by atoms with Gasteiger partial charge in [-0.1, -0.05) is 13.8 Å². The van der Waals surface area contributed by atoms with Gasteiger partial charge in [-0.15, -0.1) is 0 Å². The van der Waals surface area contributed by atoms with E-state index in [1.54, 1.807) is 13.4 Å². The van der Waals surface area contributed by atoms with E-state index < -0.39 is 0 Å². The van der Waals surface area contributed by atoms with Crippen LogP contribution in [-0.2, 0) is 0 Å². The summed E-state index contributed by atoms with van der Waals surface area (Å²) in [5.74, 6) is 2.18. The van der Waals surface area contributed by atoms with Crippen LogP contribution in [0.4, 0.5) is 11.9 Å². The normalized spacial score (nSPS) is 10.8. The Labute approximate surface area is 118 Å². The lowest BCUT2D eigenvalue weighted by Crippen LogP contribution is -2.12. The van der Waals surface area contributed by atoms with Gasteiger partial charge >= 0.3 is 0 Å². The van der Waals surface area contributed by atoms with Crippen LogP contribution in [0, 0.1) is 5.92 Å². The Morgan fingerprint density at radius 1 is 1.20 bits per heavy atom. The van der Waals surface area contributed by atoms with Gasteiger partial charge in [0.05, 0.1) is 0 Å². The summed E-state index contributed by atoms with van der Waals surface area (Å²) in [5, 5.41) is 10.1. The molecule has 8 heteroatoms.